The summed E-state index contributed by atoms with van der Waals surface area (Å²) in [6.07, 6.45) is 1.42. The Morgan fingerprint density at radius 3 is 2.52 bits per heavy atom. The second-order valence-corrected chi connectivity index (χ2v) is 7.53. The monoisotopic (exact) mass is 476 g/mol. The molecule has 0 aliphatic heterocycles. The zero-order chi connectivity index (χ0) is 21.1. The molecule has 0 aliphatic rings. The molecule has 0 spiro atoms. The summed E-state index contributed by atoms with van der Waals surface area (Å²) in [5.41, 5.74) is 7.71. The van der Waals surface area contributed by atoms with Crippen LogP contribution in [0, 0.1) is 13.8 Å². The number of hydrogen-bond donors (Lipinski definition) is 2. The number of rotatable bonds is 4. The summed E-state index contributed by atoms with van der Waals surface area (Å²) in [6.45, 7) is 3.66. The molecule has 0 saturated heterocycles. The maximum Gasteiger partial charge on any atom is 0.273 e. The molecule has 0 fully saturated rings. The molecule has 2 N–H and O–H groups in total. The van der Waals surface area contributed by atoms with Gasteiger partial charge in [0.2, 0.25) is 0 Å². The summed E-state index contributed by atoms with van der Waals surface area (Å²) in [7, 11) is 1.54. The number of methoxy groups -OCH3 is 1. The Morgan fingerprint density at radius 1 is 1.10 bits per heavy atom. The first-order valence-corrected chi connectivity index (χ1v) is 9.74. The summed E-state index contributed by atoms with van der Waals surface area (Å²) in [5, 5.41) is 4.77. The van der Waals surface area contributed by atoms with Crippen LogP contribution in [0.25, 0.3) is 5.69 Å². The van der Waals surface area contributed by atoms with E-state index in [1.54, 1.807) is 41.9 Å². The number of halogens is 2. The van der Waals surface area contributed by atoms with Crippen molar-refractivity contribution in [1.82, 2.24) is 20.6 Å². The standard InChI is InChI=1S/C20H18BrClN4O3/c1-11-4-5-13(8-16(11)21)19(27)24-25-20(28)15-10-23-26(12(15)2)17-9-14(22)6-7-18(17)29-3/h4-10H,1-3H3,(H,24,27)(H,25,28). The zero-order valence-corrected chi connectivity index (χ0v) is 18.3. The van der Waals surface area contributed by atoms with Gasteiger partial charge in [-0.05, 0) is 49.7 Å². The van der Waals surface area contributed by atoms with Gasteiger partial charge in [-0.1, -0.05) is 33.6 Å². The molecule has 3 rings (SSSR count). The zero-order valence-electron chi connectivity index (χ0n) is 15.9. The summed E-state index contributed by atoms with van der Waals surface area (Å²) >= 11 is 9.47. The fraction of sp³-hybridized carbons (Fsp3) is 0.150. The number of nitrogens with one attached hydrogen (secondary N) is 2. The van der Waals surface area contributed by atoms with Gasteiger partial charge in [-0.15, -0.1) is 0 Å². The van der Waals surface area contributed by atoms with Gasteiger partial charge < -0.3 is 4.74 Å². The minimum absolute atomic E-state index is 0.303. The van der Waals surface area contributed by atoms with Crippen molar-refractivity contribution < 1.29 is 14.3 Å². The number of carbonyl (C=O) groups excluding carboxylic acids is 2. The lowest BCUT2D eigenvalue weighted by Gasteiger charge is -2.11. The lowest BCUT2D eigenvalue weighted by atomic mass is 10.1. The van der Waals surface area contributed by atoms with E-state index >= 15 is 0 Å². The largest absolute Gasteiger partial charge is 0.494 e. The van der Waals surface area contributed by atoms with Gasteiger partial charge in [0.05, 0.1) is 24.6 Å². The van der Waals surface area contributed by atoms with E-state index in [1.807, 2.05) is 13.0 Å². The topological polar surface area (TPSA) is 85.2 Å². The van der Waals surface area contributed by atoms with Crippen molar-refractivity contribution >= 4 is 39.3 Å². The maximum absolute atomic E-state index is 12.5. The Kier molecular flexibility index (Phi) is 6.24. The van der Waals surface area contributed by atoms with Crippen molar-refractivity contribution in [3.05, 3.63) is 74.5 Å². The Balaban J connectivity index is 1.77. The predicted octanol–water partition coefficient (Wildman–Crippen LogP) is 3.99. The highest BCUT2D eigenvalue weighted by atomic mass is 79.9. The lowest BCUT2D eigenvalue weighted by molar-refractivity contribution is 0.0846. The molecule has 29 heavy (non-hydrogen) atoms. The van der Waals surface area contributed by atoms with Crippen LogP contribution in [0.5, 0.6) is 5.75 Å². The smallest absolute Gasteiger partial charge is 0.273 e. The Labute approximate surface area is 181 Å². The first-order valence-electron chi connectivity index (χ1n) is 8.57. The summed E-state index contributed by atoms with van der Waals surface area (Å²) < 4.78 is 7.71. The van der Waals surface area contributed by atoms with Gasteiger partial charge >= 0.3 is 0 Å². The fourth-order valence-corrected chi connectivity index (χ4v) is 3.24. The minimum atomic E-state index is -0.491. The summed E-state index contributed by atoms with van der Waals surface area (Å²) in [4.78, 5) is 24.8. The molecule has 150 valence electrons. The number of hydrogen-bond acceptors (Lipinski definition) is 4. The minimum Gasteiger partial charge on any atom is -0.494 e. The summed E-state index contributed by atoms with van der Waals surface area (Å²) in [5.74, 6) is -0.360. The number of ether oxygens (including phenoxy) is 1. The van der Waals surface area contributed by atoms with Crippen molar-refractivity contribution in [3.63, 3.8) is 0 Å². The van der Waals surface area contributed by atoms with Crippen molar-refractivity contribution in [2.24, 2.45) is 0 Å². The van der Waals surface area contributed by atoms with E-state index in [9.17, 15) is 9.59 Å². The molecule has 0 saturated carbocycles. The normalized spacial score (nSPS) is 10.5. The van der Waals surface area contributed by atoms with Gasteiger partial charge in [0.25, 0.3) is 11.8 Å². The molecule has 0 unspecified atom stereocenters. The SMILES string of the molecule is COc1ccc(Cl)cc1-n1ncc(C(=O)NNC(=O)c2ccc(C)c(Br)c2)c1C. The van der Waals surface area contributed by atoms with E-state index in [2.05, 4.69) is 31.9 Å². The number of hydrazine groups is 1. The van der Waals surface area contributed by atoms with Crippen molar-refractivity contribution in [2.45, 2.75) is 13.8 Å². The Morgan fingerprint density at radius 2 is 1.83 bits per heavy atom. The maximum atomic E-state index is 12.5. The van der Waals surface area contributed by atoms with Gasteiger partial charge in [-0.25, -0.2) is 4.68 Å². The van der Waals surface area contributed by atoms with Crippen LogP contribution < -0.4 is 15.6 Å². The van der Waals surface area contributed by atoms with E-state index in [4.69, 9.17) is 16.3 Å². The molecule has 7 nitrogen and oxygen atoms in total. The van der Waals surface area contributed by atoms with Crippen LogP contribution in [0.1, 0.15) is 32.0 Å². The van der Waals surface area contributed by atoms with E-state index in [0.29, 0.717) is 33.3 Å². The quantitative estimate of drug-likeness (QED) is 0.557. The van der Waals surface area contributed by atoms with Gasteiger partial charge in [0.1, 0.15) is 11.4 Å². The molecule has 1 aromatic heterocycles. The molecule has 1 heterocycles. The third-order valence-electron chi connectivity index (χ3n) is 4.35. The number of aromatic nitrogens is 2. The molecule has 3 aromatic rings. The lowest BCUT2D eigenvalue weighted by Crippen LogP contribution is -2.41. The number of carbonyl (C=O) groups is 2. The number of benzene rings is 2. The third-order valence-corrected chi connectivity index (χ3v) is 5.44. The van der Waals surface area contributed by atoms with E-state index in [1.165, 1.54) is 13.3 Å². The highest BCUT2D eigenvalue weighted by Gasteiger charge is 2.18. The van der Waals surface area contributed by atoms with Crippen LogP contribution in [0.2, 0.25) is 5.02 Å². The van der Waals surface area contributed by atoms with Gasteiger partial charge in [-0.3, -0.25) is 20.4 Å². The van der Waals surface area contributed by atoms with Gasteiger partial charge in [-0.2, -0.15) is 5.10 Å². The van der Waals surface area contributed by atoms with Crippen LogP contribution in [-0.4, -0.2) is 28.7 Å². The second-order valence-electron chi connectivity index (χ2n) is 6.24. The molecule has 0 bridgehead atoms. The van der Waals surface area contributed by atoms with Crippen LogP contribution in [0.15, 0.2) is 47.1 Å². The highest BCUT2D eigenvalue weighted by molar-refractivity contribution is 9.10. The van der Waals surface area contributed by atoms with Crippen LogP contribution in [0.3, 0.4) is 0 Å². The van der Waals surface area contributed by atoms with Crippen molar-refractivity contribution in [3.8, 4) is 11.4 Å². The average molecular weight is 478 g/mol. The fourth-order valence-electron chi connectivity index (χ4n) is 2.69. The van der Waals surface area contributed by atoms with Crippen LogP contribution >= 0.6 is 27.5 Å². The van der Waals surface area contributed by atoms with E-state index in [-0.39, 0.29) is 0 Å². The number of nitrogens with zero attached hydrogens (tertiary/aromatic N) is 2. The van der Waals surface area contributed by atoms with E-state index in [0.717, 1.165) is 10.0 Å². The van der Waals surface area contributed by atoms with E-state index < -0.39 is 11.8 Å². The molecular formula is C20H18BrClN4O3. The molecular weight excluding hydrogens is 460 g/mol. The first-order chi connectivity index (χ1) is 13.8. The Bertz CT molecular complexity index is 1100. The predicted molar refractivity (Wildman–Crippen MR) is 114 cm³/mol. The molecule has 0 aliphatic carbocycles. The first kappa shape index (κ1) is 20.9. The third kappa shape index (κ3) is 4.44. The van der Waals surface area contributed by atoms with Gasteiger partial charge in [0.15, 0.2) is 0 Å². The second kappa shape index (κ2) is 8.67. The summed E-state index contributed by atoms with van der Waals surface area (Å²) in [6, 6.07) is 10.3. The number of aryl methyl sites for hydroxylation is 1. The molecule has 0 radical (unpaired) electrons. The molecule has 9 heteroatoms. The van der Waals surface area contributed by atoms with Crippen molar-refractivity contribution in [1.29, 1.82) is 0 Å². The molecule has 2 amide bonds. The Hall–Kier alpha value is -2.84. The van der Waals surface area contributed by atoms with Crippen LogP contribution in [-0.2, 0) is 0 Å². The molecule has 0 atom stereocenters. The van der Waals surface area contributed by atoms with Crippen molar-refractivity contribution in [2.75, 3.05) is 7.11 Å². The van der Waals surface area contributed by atoms with Crippen LogP contribution in [0.4, 0.5) is 0 Å². The average Bonchev–Trinajstić information content (AvgIpc) is 3.09. The van der Waals surface area contributed by atoms with Gasteiger partial charge in [0, 0.05) is 15.1 Å². The highest BCUT2D eigenvalue weighted by Crippen LogP contribution is 2.27. The number of amides is 2. The molecule has 2 aromatic carbocycles.